The van der Waals surface area contributed by atoms with E-state index in [4.69, 9.17) is 9.47 Å². The molecule has 1 aliphatic heterocycles. The number of ether oxygens (including phenoxy) is 2. The number of anilines is 1. The average Bonchev–Trinajstić information content (AvgIpc) is 2.55. The molecule has 3 rings (SSSR count). The minimum Gasteiger partial charge on any atom is -0.486 e. The van der Waals surface area contributed by atoms with E-state index in [-0.39, 0.29) is 17.9 Å². The van der Waals surface area contributed by atoms with Gasteiger partial charge >= 0.3 is 0 Å². The van der Waals surface area contributed by atoms with Crippen molar-refractivity contribution < 1.29 is 27.4 Å². The van der Waals surface area contributed by atoms with Crippen LogP contribution in [0.25, 0.3) is 0 Å². The fourth-order valence-electron chi connectivity index (χ4n) is 2.06. The lowest BCUT2D eigenvalue weighted by atomic mass is 10.1. The van der Waals surface area contributed by atoms with Crippen LogP contribution in [0.5, 0.6) is 11.5 Å². The third-order valence-electron chi connectivity index (χ3n) is 3.09. The van der Waals surface area contributed by atoms with Crippen molar-refractivity contribution in [1.82, 2.24) is 0 Å². The number of carbonyl (C=O) groups is 1. The van der Waals surface area contributed by atoms with Gasteiger partial charge in [0.2, 0.25) is 0 Å². The van der Waals surface area contributed by atoms with Crippen LogP contribution in [0.4, 0.5) is 18.9 Å². The van der Waals surface area contributed by atoms with Gasteiger partial charge in [0, 0.05) is 0 Å². The van der Waals surface area contributed by atoms with Gasteiger partial charge in [-0.1, -0.05) is 6.07 Å². The number of halogens is 3. The van der Waals surface area contributed by atoms with Crippen LogP contribution in [0.15, 0.2) is 30.3 Å². The monoisotopic (exact) mass is 309 g/mol. The second kappa shape index (κ2) is 5.59. The first-order valence-corrected chi connectivity index (χ1v) is 6.41. The fraction of sp³-hybridized carbons (Fsp3) is 0.133. The predicted octanol–water partition coefficient (Wildman–Crippen LogP) is 3.13. The van der Waals surface area contributed by atoms with E-state index in [1.807, 2.05) is 0 Å². The largest absolute Gasteiger partial charge is 0.486 e. The SMILES string of the molecule is O=C(Nc1ccc(F)c(F)c1F)c1cccc2c1OCCO2. The van der Waals surface area contributed by atoms with E-state index in [0.29, 0.717) is 12.4 Å². The molecule has 4 nitrogen and oxygen atoms in total. The van der Waals surface area contributed by atoms with Crippen molar-refractivity contribution in [3.05, 3.63) is 53.3 Å². The normalized spacial score (nSPS) is 12.9. The van der Waals surface area contributed by atoms with Crippen LogP contribution in [-0.4, -0.2) is 19.1 Å². The molecule has 0 saturated heterocycles. The van der Waals surface area contributed by atoms with Crippen molar-refractivity contribution in [2.75, 3.05) is 18.5 Å². The molecule has 1 amide bonds. The van der Waals surface area contributed by atoms with Crippen molar-refractivity contribution >= 4 is 11.6 Å². The molecule has 1 aliphatic rings. The first-order valence-electron chi connectivity index (χ1n) is 6.41. The Kier molecular flexibility index (Phi) is 3.62. The number of benzene rings is 2. The highest BCUT2D eigenvalue weighted by Crippen LogP contribution is 2.34. The molecule has 2 aromatic rings. The molecule has 0 spiro atoms. The molecular weight excluding hydrogens is 299 g/mol. The minimum absolute atomic E-state index is 0.112. The number of carbonyl (C=O) groups excluding carboxylic acids is 1. The summed E-state index contributed by atoms with van der Waals surface area (Å²) in [6.45, 7) is 0.632. The molecule has 1 N–H and O–H groups in total. The molecule has 1 heterocycles. The summed E-state index contributed by atoms with van der Waals surface area (Å²) in [5.74, 6) is -4.53. The molecule has 0 bridgehead atoms. The topological polar surface area (TPSA) is 47.6 Å². The molecule has 0 atom stereocenters. The summed E-state index contributed by atoms with van der Waals surface area (Å²) >= 11 is 0. The quantitative estimate of drug-likeness (QED) is 0.867. The van der Waals surface area contributed by atoms with E-state index in [9.17, 15) is 18.0 Å². The summed E-state index contributed by atoms with van der Waals surface area (Å²) in [4.78, 5) is 12.2. The summed E-state index contributed by atoms with van der Waals surface area (Å²) in [5, 5.41) is 2.19. The zero-order chi connectivity index (χ0) is 15.7. The third-order valence-corrected chi connectivity index (χ3v) is 3.09. The summed E-state index contributed by atoms with van der Waals surface area (Å²) in [6, 6.07) is 6.33. The number of hydrogen-bond donors (Lipinski definition) is 1. The molecule has 0 aliphatic carbocycles. The molecular formula is C15H10F3NO3. The number of fused-ring (bicyclic) bond motifs is 1. The molecule has 2 aromatic carbocycles. The average molecular weight is 309 g/mol. The highest BCUT2D eigenvalue weighted by atomic mass is 19.2. The van der Waals surface area contributed by atoms with Gasteiger partial charge in [-0.2, -0.15) is 0 Å². The molecule has 114 valence electrons. The van der Waals surface area contributed by atoms with Crippen LogP contribution in [0.3, 0.4) is 0 Å². The van der Waals surface area contributed by atoms with Gasteiger partial charge < -0.3 is 14.8 Å². The van der Waals surface area contributed by atoms with Gasteiger partial charge in [0.05, 0.1) is 11.3 Å². The maximum Gasteiger partial charge on any atom is 0.259 e. The second-order valence-corrected chi connectivity index (χ2v) is 4.51. The van der Waals surface area contributed by atoms with Crippen molar-refractivity contribution in [1.29, 1.82) is 0 Å². The Morgan fingerprint density at radius 3 is 2.59 bits per heavy atom. The standard InChI is InChI=1S/C15H10F3NO3/c16-9-4-5-10(13(18)12(9)17)19-15(20)8-2-1-3-11-14(8)22-7-6-21-11/h1-5H,6-7H2,(H,19,20). The van der Waals surface area contributed by atoms with Gasteiger partial charge in [-0.25, -0.2) is 13.2 Å². The lowest BCUT2D eigenvalue weighted by Gasteiger charge is -2.20. The minimum atomic E-state index is -1.65. The van der Waals surface area contributed by atoms with Crippen LogP contribution < -0.4 is 14.8 Å². The number of amides is 1. The van der Waals surface area contributed by atoms with Crippen LogP contribution in [0, 0.1) is 17.5 Å². The number of rotatable bonds is 2. The Bertz CT molecular complexity index is 749. The zero-order valence-corrected chi connectivity index (χ0v) is 11.2. The van der Waals surface area contributed by atoms with Gasteiger partial charge in [0.25, 0.3) is 5.91 Å². The second-order valence-electron chi connectivity index (χ2n) is 4.51. The van der Waals surface area contributed by atoms with E-state index in [0.717, 1.165) is 12.1 Å². The first kappa shape index (κ1) is 14.2. The van der Waals surface area contributed by atoms with Crippen molar-refractivity contribution in [2.45, 2.75) is 0 Å². The zero-order valence-electron chi connectivity index (χ0n) is 11.2. The van der Waals surface area contributed by atoms with Crippen LogP contribution >= 0.6 is 0 Å². The first-order chi connectivity index (χ1) is 10.6. The van der Waals surface area contributed by atoms with E-state index in [1.54, 1.807) is 12.1 Å². The Balaban J connectivity index is 1.91. The van der Waals surface area contributed by atoms with Crippen LogP contribution in [-0.2, 0) is 0 Å². The smallest absolute Gasteiger partial charge is 0.259 e. The molecule has 22 heavy (non-hydrogen) atoms. The predicted molar refractivity (Wildman–Crippen MR) is 71.7 cm³/mol. The fourth-order valence-corrected chi connectivity index (χ4v) is 2.06. The van der Waals surface area contributed by atoms with Gasteiger partial charge in [-0.15, -0.1) is 0 Å². The Morgan fingerprint density at radius 2 is 1.77 bits per heavy atom. The Morgan fingerprint density at radius 1 is 1.00 bits per heavy atom. The van der Waals surface area contributed by atoms with E-state index in [1.165, 1.54) is 6.07 Å². The Hall–Kier alpha value is -2.70. The summed E-state index contributed by atoms with van der Waals surface area (Å²) in [5.41, 5.74) is -0.348. The van der Waals surface area contributed by atoms with Crippen molar-refractivity contribution in [3.63, 3.8) is 0 Å². The van der Waals surface area contributed by atoms with Gasteiger partial charge in [-0.3, -0.25) is 4.79 Å². The van der Waals surface area contributed by atoms with Gasteiger partial charge in [-0.05, 0) is 24.3 Å². The Labute approximate surface area is 123 Å². The lowest BCUT2D eigenvalue weighted by molar-refractivity contribution is 0.101. The van der Waals surface area contributed by atoms with E-state index < -0.39 is 29.0 Å². The van der Waals surface area contributed by atoms with Crippen molar-refractivity contribution in [3.8, 4) is 11.5 Å². The summed E-state index contributed by atoms with van der Waals surface area (Å²) in [6.07, 6.45) is 0. The highest BCUT2D eigenvalue weighted by Gasteiger charge is 2.22. The maximum atomic E-state index is 13.6. The molecule has 0 saturated carbocycles. The van der Waals surface area contributed by atoms with E-state index >= 15 is 0 Å². The summed E-state index contributed by atoms with van der Waals surface area (Å²) < 4.78 is 50.4. The number of para-hydroxylation sites is 1. The van der Waals surface area contributed by atoms with Gasteiger partial charge in [0.15, 0.2) is 29.0 Å². The molecule has 7 heteroatoms. The van der Waals surface area contributed by atoms with Crippen LogP contribution in [0.2, 0.25) is 0 Å². The van der Waals surface area contributed by atoms with Crippen LogP contribution in [0.1, 0.15) is 10.4 Å². The summed E-state index contributed by atoms with van der Waals surface area (Å²) in [7, 11) is 0. The highest BCUT2D eigenvalue weighted by molar-refractivity contribution is 6.06. The third kappa shape index (κ3) is 2.45. The molecule has 0 unspecified atom stereocenters. The van der Waals surface area contributed by atoms with Gasteiger partial charge in [0.1, 0.15) is 13.2 Å². The molecule has 0 aromatic heterocycles. The number of hydrogen-bond acceptors (Lipinski definition) is 3. The maximum absolute atomic E-state index is 13.6. The van der Waals surface area contributed by atoms with E-state index in [2.05, 4.69) is 5.32 Å². The van der Waals surface area contributed by atoms with Crippen molar-refractivity contribution in [2.24, 2.45) is 0 Å². The molecule has 0 fully saturated rings. The molecule has 0 radical (unpaired) electrons. The lowest BCUT2D eigenvalue weighted by Crippen LogP contribution is -2.20. The number of nitrogens with one attached hydrogen (secondary N) is 1.